The van der Waals surface area contributed by atoms with Gasteiger partial charge in [-0.25, -0.2) is 0 Å². The van der Waals surface area contributed by atoms with Crippen molar-refractivity contribution < 1.29 is 0 Å². The topological polar surface area (TPSA) is 26.0 Å². The summed E-state index contributed by atoms with van der Waals surface area (Å²) in [5, 5.41) is 0. The highest BCUT2D eigenvalue weighted by atomic mass is 35.5. The molecule has 122 valence electrons. The van der Waals surface area contributed by atoms with Gasteiger partial charge in [0.2, 0.25) is 0 Å². The Kier molecular flexibility index (Phi) is 10.8. The summed E-state index contributed by atoms with van der Waals surface area (Å²) in [6.45, 7) is 6.83. The highest BCUT2D eigenvalue weighted by Gasteiger charge is 2.34. The zero-order valence-corrected chi connectivity index (χ0v) is 14.9. The number of hydrogen-bond donors (Lipinski definition) is 1. The molecule has 0 saturated heterocycles. The minimum absolute atomic E-state index is 0. The van der Waals surface area contributed by atoms with Gasteiger partial charge in [-0.2, -0.15) is 0 Å². The van der Waals surface area contributed by atoms with Crippen molar-refractivity contribution >= 4 is 12.4 Å². The van der Waals surface area contributed by atoms with Gasteiger partial charge in [0.05, 0.1) is 0 Å². The summed E-state index contributed by atoms with van der Waals surface area (Å²) >= 11 is 0. The van der Waals surface area contributed by atoms with Gasteiger partial charge in [0.25, 0.3) is 0 Å². The van der Waals surface area contributed by atoms with Crippen molar-refractivity contribution in [2.75, 3.05) is 0 Å². The average Bonchev–Trinajstić information content (AvgIpc) is 2.50. The molecule has 0 aromatic heterocycles. The van der Waals surface area contributed by atoms with Gasteiger partial charge < -0.3 is 5.73 Å². The van der Waals surface area contributed by atoms with Crippen molar-refractivity contribution in [1.29, 1.82) is 0 Å². The third-order valence-corrected chi connectivity index (χ3v) is 4.94. The van der Waals surface area contributed by atoms with E-state index in [-0.39, 0.29) is 23.9 Å². The average molecular weight is 312 g/mol. The Bertz CT molecular complexity index is 346. The zero-order valence-electron chi connectivity index (χ0n) is 14.1. The molecule has 0 aliphatic heterocycles. The Labute approximate surface area is 138 Å². The van der Waals surface area contributed by atoms with Gasteiger partial charge >= 0.3 is 0 Å². The van der Waals surface area contributed by atoms with Crippen LogP contribution in [0.2, 0.25) is 0 Å². The van der Waals surface area contributed by atoms with Gasteiger partial charge in [-0.1, -0.05) is 83.2 Å². The first-order valence-corrected chi connectivity index (χ1v) is 8.52. The Balaban J connectivity index is 0.00000400. The van der Waals surface area contributed by atoms with Gasteiger partial charge in [0.15, 0.2) is 0 Å². The smallest absolute Gasteiger partial charge is 0.0136 e. The van der Waals surface area contributed by atoms with E-state index in [4.69, 9.17) is 5.73 Å². The first-order valence-electron chi connectivity index (χ1n) is 8.52. The van der Waals surface area contributed by atoms with Crippen molar-refractivity contribution in [2.45, 2.75) is 83.6 Å². The lowest BCUT2D eigenvalue weighted by Gasteiger charge is -2.38. The maximum Gasteiger partial charge on any atom is 0.0136 e. The van der Waals surface area contributed by atoms with Crippen LogP contribution in [0.15, 0.2) is 30.3 Å². The molecule has 0 amide bonds. The predicted octanol–water partition coefficient (Wildman–Crippen LogP) is 5.85. The minimum atomic E-state index is 0. The Morgan fingerprint density at radius 2 is 1.48 bits per heavy atom. The number of unbranched alkanes of at least 4 members (excludes halogenated alkanes) is 4. The van der Waals surface area contributed by atoms with Gasteiger partial charge in [-0.15, -0.1) is 12.4 Å². The van der Waals surface area contributed by atoms with Crippen molar-refractivity contribution in [1.82, 2.24) is 0 Å². The molecule has 1 unspecified atom stereocenters. The summed E-state index contributed by atoms with van der Waals surface area (Å²) in [5.41, 5.74) is 8.20. The lowest BCUT2D eigenvalue weighted by atomic mass is 9.69. The van der Waals surface area contributed by atoms with Gasteiger partial charge in [0.1, 0.15) is 0 Å². The summed E-state index contributed by atoms with van der Waals surface area (Å²) in [6, 6.07) is 11.2. The highest BCUT2D eigenvalue weighted by molar-refractivity contribution is 5.85. The van der Waals surface area contributed by atoms with Gasteiger partial charge in [-0.05, 0) is 24.8 Å². The SMILES string of the molecule is CCCCCCCC(N)C(CC)(CC)c1ccccc1.Cl. The lowest BCUT2D eigenvalue weighted by molar-refractivity contribution is 0.297. The quantitative estimate of drug-likeness (QED) is 0.538. The third kappa shape index (κ3) is 5.64. The number of halogens is 1. The third-order valence-electron chi connectivity index (χ3n) is 4.94. The van der Waals surface area contributed by atoms with E-state index in [1.54, 1.807) is 0 Å². The lowest BCUT2D eigenvalue weighted by Crippen LogP contribution is -2.44. The van der Waals surface area contributed by atoms with Crippen molar-refractivity contribution in [3.05, 3.63) is 35.9 Å². The molecule has 0 radical (unpaired) electrons. The summed E-state index contributed by atoms with van der Waals surface area (Å²) in [7, 11) is 0. The summed E-state index contributed by atoms with van der Waals surface area (Å²) in [4.78, 5) is 0. The van der Waals surface area contributed by atoms with E-state index in [1.807, 2.05) is 0 Å². The predicted molar refractivity (Wildman–Crippen MR) is 97.3 cm³/mol. The standard InChI is InChI=1S/C19H33N.ClH/c1-4-7-8-9-13-16-18(20)19(5-2,6-3)17-14-11-10-12-15-17;/h10-12,14-15,18H,4-9,13,16,20H2,1-3H3;1H. The van der Waals surface area contributed by atoms with Crippen LogP contribution in [-0.2, 0) is 5.41 Å². The summed E-state index contributed by atoms with van der Waals surface area (Å²) in [5.74, 6) is 0. The van der Waals surface area contributed by atoms with Crippen LogP contribution in [0.25, 0.3) is 0 Å². The molecule has 1 aromatic carbocycles. The van der Waals surface area contributed by atoms with Crippen LogP contribution in [0.1, 0.15) is 77.7 Å². The molecule has 1 aromatic rings. The number of hydrogen-bond acceptors (Lipinski definition) is 1. The normalized spacial score (nSPS) is 12.8. The molecule has 0 bridgehead atoms. The Hall–Kier alpha value is -0.530. The Morgan fingerprint density at radius 1 is 0.905 bits per heavy atom. The van der Waals surface area contributed by atoms with Crippen molar-refractivity contribution in [3.8, 4) is 0 Å². The van der Waals surface area contributed by atoms with Crippen LogP contribution in [0, 0.1) is 0 Å². The second-order valence-corrected chi connectivity index (χ2v) is 6.04. The van der Waals surface area contributed by atoms with Crippen LogP contribution in [0.3, 0.4) is 0 Å². The van der Waals surface area contributed by atoms with Gasteiger partial charge in [-0.3, -0.25) is 0 Å². The maximum atomic E-state index is 6.62. The molecule has 0 spiro atoms. The monoisotopic (exact) mass is 311 g/mol. The molecule has 21 heavy (non-hydrogen) atoms. The summed E-state index contributed by atoms with van der Waals surface area (Å²) < 4.78 is 0. The van der Waals surface area contributed by atoms with Crippen molar-refractivity contribution in [2.24, 2.45) is 5.73 Å². The molecule has 0 heterocycles. The highest BCUT2D eigenvalue weighted by Crippen LogP contribution is 2.36. The van der Waals surface area contributed by atoms with Crippen LogP contribution < -0.4 is 5.73 Å². The fraction of sp³-hybridized carbons (Fsp3) is 0.684. The number of nitrogens with two attached hydrogens (primary N) is 1. The molecule has 0 aliphatic rings. The maximum absolute atomic E-state index is 6.62. The molecule has 0 saturated carbocycles. The largest absolute Gasteiger partial charge is 0.327 e. The van der Waals surface area contributed by atoms with E-state index in [2.05, 4.69) is 51.1 Å². The van der Waals surface area contributed by atoms with Crippen LogP contribution in [-0.4, -0.2) is 6.04 Å². The molecule has 1 nitrogen and oxygen atoms in total. The fourth-order valence-corrected chi connectivity index (χ4v) is 3.41. The number of rotatable bonds is 10. The van der Waals surface area contributed by atoms with E-state index in [0.717, 1.165) is 19.3 Å². The van der Waals surface area contributed by atoms with Crippen molar-refractivity contribution in [3.63, 3.8) is 0 Å². The second-order valence-electron chi connectivity index (χ2n) is 6.04. The molecule has 1 rings (SSSR count). The first-order chi connectivity index (χ1) is 9.71. The molecular formula is C19H34ClN. The first kappa shape index (κ1) is 20.5. The zero-order chi connectivity index (χ0) is 14.8. The molecule has 1 atom stereocenters. The Morgan fingerprint density at radius 3 is 2.00 bits per heavy atom. The van der Waals surface area contributed by atoms with Crippen LogP contribution >= 0.6 is 12.4 Å². The van der Waals surface area contributed by atoms with E-state index < -0.39 is 0 Å². The van der Waals surface area contributed by atoms with Crippen LogP contribution in [0.5, 0.6) is 0 Å². The van der Waals surface area contributed by atoms with E-state index in [0.29, 0.717) is 0 Å². The van der Waals surface area contributed by atoms with E-state index in [1.165, 1.54) is 37.7 Å². The molecule has 0 fully saturated rings. The van der Waals surface area contributed by atoms with E-state index >= 15 is 0 Å². The minimum Gasteiger partial charge on any atom is -0.327 e. The van der Waals surface area contributed by atoms with Gasteiger partial charge in [0, 0.05) is 11.5 Å². The number of benzene rings is 1. The molecule has 0 aliphatic carbocycles. The van der Waals surface area contributed by atoms with Crippen LogP contribution in [0.4, 0.5) is 0 Å². The molecule has 2 heteroatoms. The second kappa shape index (κ2) is 11.1. The summed E-state index contributed by atoms with van der Waals surface area (Å²) in [6.07, 6.45) is 10.0. The molecular weight excluding hydrogens is 278 g/mol. The molecule has 2 N–H and O–H groups in total. The van der Waals surface area contributed by atoms with E-state index in [9.17, 15) is 0 Å². The fourth-order valence-electron chi connectivity index (χ4n) is 3.41.